The molecule has 24 valence electrons. The fourth-order valence-corrected chi connectivity index (χ4v) is 0. The van der Waals surface area contributed by atoms with Gasteiger partial charge in [0.15, 0.2) is 0 Å². The predicted molar refractivity (Wildman–Crippen MR) is 24.0 cm³/mol. The van der Waals surface area contributed by atoms with Crippen LogP contribution < -0.4 is 0 Å². The van der Waals surface area contributed by atoms with E-state index < -0.39 is 0 Å². The highest BCUT2D eigenvalue weighted by molar-refractivity contribution is 6.15. The Balaban J connectivity index is 0. The van der Waals surface area contributed by atoms with E-state index in [-0.39, 0.29) is 12.4 Å². The second kappa shape index (κ2) is 9.00. The zero-order valence-corrected chi connectivity index (χ0v) is 6.37. The minimum atomic E-state index is 0. The molecule has 0 bridgehead atoms. The van der Waals surface area contributed by atoms with Gasteiger partial charge in [0.25, 0.3) is 0 Å². The van der Waals surface area contributed by atoms with Crippen LogP contribution in [0.5, 0.6) is 0 Å². The molecule has 0 aliphatic rings. The standard InChI is InChI=1S/Al.ClH.H3OSi/c;;1-2/h;1H;2H3/q+1;;-1. The van der Waals surface area contributed by atoms with Crippen molar-refractivity contribution in [1.29, 1.82) is 0 Å². The Kier molecular flexibility index (Phi) is 20.0. The second-order valence-electron chi connectivity index (χ2n) is 0.236. The monoisotopic (exact) mass is 110 g/mol. The highest BCUT2D eigenvalue weighted by Crippen LogP contribution is 1.20. The Hall–Kier alpha value is 0.999. The van der Waals surface area contributed by atoms with Crippen molar-refractivity contribution in [2.24, 2.45) is 0 Å². The van der Waals surface area contributed by atoms with Crippen molar-refractivity contribution in [3.05, 3.63) is 0 Å². The zero-order valence-electron chi connectivity index (χ0n) is 2.39. The van der Waals surface area contributed by atoms with Gasteiger partial charge in [0.1, 0.15) is 10.5 Å². The molecule has 0 saturated heterocycles. The summed E-state index contributed by atoms with van der Waals surface area (Å²) >= 11 is 2.14. The van der Waals surface area contributed by atoms with Crippen molar-refractivity contribution in [1.82, 2.24) is 0 Å². The summed E-state index contributed by atoms with van der Waals surface area (Å²) in [6, 6.07) is 0. The largest absolute Gasteiger partial charge is 0.565 e. The fourth-order valence-electron chi connectivity index (χ4n) is 0. The van der Waals surface area contributed by atoms with E-state index in [0.29, 0.717) is 0 Å². The quantitative estimate of drug-likeness (QED) is 0.356. The van der Waals surface area contributed by atoms with E-state index in [1.807, 2.05) is 0 Å². The summed E-state index contributed by atoms with van der Waals surface area (Å²) in [6.07, 6.45) is 0. The van der Waals surface area contributed by atoms with Crippen molar-refractivity contribution in [2.75, 3.05) is 0 Å². The normalized spacial score (nSPS) is 5.00. The summed E-state index contributed by atoms with van der Waals surface area (Å²) in [5, 5.41) is 0. The molecule has 0 heterocycles. The average Bonchev–Trinajstić information content (AvgIpc) is 0.918. The van der Waals surface area contributed by atoms with Gasteiger partial charge in [-0.1, -0.05) is 0 Å². The van der Waals surface area contributed by atoms with Crippen molar-refractivity contribution in [3.8, 4) is 0 Å². The summed E-state index contributed by atoms with van der Waals surface area (Å²) in [6.45, 7) is 0. The first-order valence-corrected chi connectivity index (χ1v) is 1.93. The average molecular weight is 111 g/mol. The predicted octanol–water partition coefficient (Wildman–Crippen LogP) is -1.21. The Morgan fingerprint density at radius 1 is 1.75 bits per heavy atom. The molecule has 0 spiro atoms. The Morgan fingerprint density at radius 2 is 1.75 bits per heavy atom. The van der Waals surface area contributed by atoms with Crippen LogP contribution in [-0.2, 0) is 3.48 Å². The van der Waals surface area contributed by atoms with E-state index in [1.54, 1.807) is 0 Å². The topological polar surface area (TPSA) is 9.23 Å². The van der Waals surface area contributed by atoms with Gasteiger partial charge < -0.3 is 3.48 Å². The minimum absolute atomic E-state index is 0. The maximum absolute atomic E-state index is 4.31. The van der Waals surface area contributed by atoms with Gasteiger partial charge >= 0.3 is 16.6 Å². The van der Waals surface area contributed by atoms with Gasteiger partial charge in [0, 0.05) is 0 Å². The third-order valence-corrected chi connectivity index (χ3v) is 0. The van der Waals surface area contributed by atoms with Crippen LogP contribution in [-0.4, -0.2) is 27.1 Å². The molecule has 0 saturated carbocycles. The van der Waals surface area contributed by atoms with Crippen LogP contribution in [0.25, 0.3) is 0 Å². The van der Waals surface area contributed by atoms with Crippen molar-refractivity contribution < 1.29 is 3.48 Å². The van der Waals surface area contributed by atoms with Gasteiger partial charge in [-0.05, 0) is 0 Å². The molecule has 0 aliphatic carbocycles. The van der Waals surface area contributed by atoms with E-state index in [1.165, 1.54) is 0 Å². The van der Waals surface area contributed by atoms with Gasteiger partial charge in [-0.3, -0.25) is 0 Å². The van der Waals surface area contributed by atoms with Crippen molar-refractivity contribution >= 4 is 39.5 Å². The molecule has 0 N–H and O–H groups in total. The van der Waals surface area contributed by atoms with Crippen LogP contribution >= 0.6 is 12.4 Å². The molecular formula is H4AlClOSi. The Morgan fingerprint density at radius 3 is 1.75 bits per heavy atom. The van der Waals surface area contributed by atoms with Crippen molar-refractivity contribution in [2.45, 2.75) is 0 Å². The molecular weight excluding hydrogens is 107 g/mol. The molecule has 0 aromatic carbocycles. The highest BCUT2D eigenvalue weighted by Gasteiger charge is 1.31. The van der Waals surface area contributed by atoms with Crippen molar-refractivity contribution in [3.63, 3.8) is 0 Å². The molecule has 4 heteroatoms. The first-order chi connectivity index (χ1) is 1.41. The van der Waals surface area contributed by atoms with E-state index in [2.05, 4.69) is 20.1 Å². The molecule has 0 atom stereocenters. The number of hydrogen-bond acceptors (Lipinski definition) is 1. The smallest absolute Gasteiger partial charge is 0.353 e. The SMILES string of the molecule is Cl.[Al][O][SiH3]. The van der Waals surface area contributed by atoms with Gasteiger partial charge in [-0.2, -0.15) is 0 Å². The lowest BCUT2D eigenvalue weighted by Crippen LogP contribution is -1.65. The van der Waals surface area contributed by atoms with E-state index >= 15 is 0 Å². The summed E-state index contributed by atoms with van der Waals surface area (Å²) in [7, 11) is 0.832. The lowest BCUT2D eigenvalue weighted by molar-refractivity contribution is 0.690. The van der Waals surface area contributed by atoms with Crippen LogP contribution in [0, 0.1) is 0 Å². The maximum Gasteiger partial charge on any atom is 0.353 e. The highest BCUT2D eigenvalue weighted by atomic mass is 35.5. The van der Waals surface area contributed by atoms with Gasteiger partial charge in [0.05, 0.1) is 0 Å². The molecule has 1 nitrogen and oxygen atoms in total. The molecule has 0 unspecified atom stereocenters. The molecule has 4 heavy (non-hydrogen) atoms. The summed E-state index contributed by atoms with van der Waals surface area (Å²) in [5.41, 5.74) is 0. The van der Waals surface area contributed by atoms with Crippen LogP contribution in [0.3, 0.4) is 0 Å². The number of rotatable bonds is 0. The minimum Gasteiger partial charge on any atom is -0.565 e. The van der Waals surface area contributed by atoms with Crippen LogP contribution in [0.2, 0.25) is 0 Å². The molecule has 0 rings (SSSR count). The van der Waals surface area contributed by atoms with Gasteiger partial charge in [-0.15, -0.1) is 12.4 Å². The van der Waals surface area contributed by atoms with Crippen LogP contribution in [0.1, 0.15) is 0 Å². The maximum atomic E-state index is 4.31. The second-order valence-corrected chi connectivity index (χ2v) is 2.12. The number of hydrogen-bond donors (Lipinski definition) is 0. The Labute approximate surface area is 43.4 Å². The molecule has 0 aliphatic heterocycles. The summed E-state index contributed by atoms with van der Waals surface area (Å²) < 4.78 is 4.31. The molecule has 0 fully saturated rings. The van der Waals surface area contributed by atoms with Gasteiger partial charge in [-0.25, -0.2) is 0 Å². The van der Waals surface area contributed by atoms with E-state index in [4.69, 9.17) is 0 Å². The third kappa shape index (κ3) is 12.0. The molecule has 0 aromatic heterocycles. The molecule has 2 radical (unpaired) electrons. The van der Waals surface area contributed by atoms with Crippen LogP contribution in [0.4, 0.5) is 0 Å². The zero-order chi connectivity index (χ0) is 2.71. The fraction of sp³-hybridized carbons (Fsp3) is 0. The number of halogens is 1. The lowest BCUT2D eigenvalue weighted by Gasteiger charge is -1.64. The summed E-state index contributed by atoms with van der Waals surface area (Å²) in [4.78, 5) is 0. The van der Waals surface area contributed by atoms with E-state index in [9.17, 15) is 0 Å². The molecule has 0 aromatic rings. The van der Waals surface area contributed by atoms with Gasteiger partial charge in [0.2, 0.25) is 0 Å². The van der Waals surface area contributed by atoms with E-state index in [0.717, 1.165) is 10.5 Å². The summed E-state index contributed by atoms with van der Waals surface area (Å²) in [5.74, 6) is 0. The first kappa shape index (κ1) is 8.89. The lowest BCUT2D eigenvalue weighted by atomic mass is 15.8. The molecule has 0 amide bonds. The Bertz CT molecular complexity index is 8.00. The third-order valence-electron chi connectivity index (χ3n) is 0. The first-order valence-electron chi connectivity index (χ1n) is 0.644. The van der Waals surface area contributed by atoms with Crippen LogP contribution in [0.15, 0.2) is 0 Å².